The summed E-state index contributed by atoms with van der Waals surface area (Å²) in [5.41, 5.74) is 1.12. The van der Waals surface area contributed by atoms with Crippen molar-refractivity contribution < 1.29 is 14.3 Å². The lowest BCUT2D eigenvalue weighted by Crippen LogP contribution is -2.45. The molecule has 1 aromatic rings. The largest absolute Gasteiger partial charge is 0.393 e. The molecule has 3 nitrogen and oxygen atoms in total. The maximum atomic E-state index is 13.3. The summed E-state index contributed by atoms with van der Waals surface area (Å²) in [6.45, 7) is 4.73. The summed E-state index contributed by atoms with van der Waals surface area (Å²) in [5, 5.41) is 9.64. The van der Waals surface area contributed by atoms with Crippen LogP contribution in [0.5, 0.6) is 0 Å². The van der Waals surface area contributed by atoms with Crippen LogP contribution < -0.4 is 0 Å². The normalized spacial score (nSPS) is 24.1. The smallest absolute Gasteiger partial charge is 0.253 e. The molecule has 1 amide bonds. The molecule has 1 aliphatic rings. The molecule has 0 bridgehead atoms. The number of aliphatic hydroxyl groups is 1. The van der Waals surface area contributed by atoms with Gasteiger partial charge in [-0.1, -0.05) is 6.92 Å². The highest BCUT2D eigenvalue weighted by atomic mass is 19.1. The van der Waals surface area contributed by atoms with Gasteiger partial charge in [0.2, 0.25) is 0 Å². The number of hydrogen-bond donors (Lipinski definition) is 1. The lowest BCUT2D eigenvalue weighted by molar-refractivity contribution is 0.0297. The first-order valence-electron chi connectivity index (χ1n) is 6.22. The zero-order valence-electron chi connectivity index (χ0n) is 10.7. The quantitative estimate of drug-likeness (QED) is 0.829. The third-order valence-electron chi connectivity index (χ3n) is 3.44. The first kappa shape index (κ1) is 13.0. The van der Waals surface area contributed by atoms with Crippen molar-refractivity contribution >= 4 is 5.91 Å². The van der Waals surface area contributed by atoms with E-state index in [1.165, 1.54) is 12.1 Å². The maximum absolute atomic E-state index is 13.3. The van der Waals surface area contributed by atoms with Crippen LogP contribution in [0.2, 0.25) is 0 Å². The summed E-state index contributed by atoms with van der Waals surface area (Å²) in [4.78, 5) is 13.9. The van der Waals surface area contributed by atoms with Crippen LogP contribution in [0.15, 0.2) is 18.2 Å². The molecule has 1 saturated heterocycles. The molecule has 1 N–H and O–H groups in total. The Morgan fingerprint density at radius 2 is 2.17 bits per heavy atom. The number of aliphatic hydroxyl groups excluding tert-OH is 1. The first-order chi connectivity index (χ1) is 8.47. The number of carbonyl (C=O) groups is 1. The highest BCUT2D eigenvalue weighted by Gasteiger charge is 2.27. The third-order valence-corrected chi connectivity index (χ3v) is 3.44. The molecule has 1 aromatic carbocycles. The van der Waals surface area contributed by atoms with Crippen LogP contribution in [0, 0.1) is 18.7 Å². The molecule has 0 aromatic heterocycles. The molecule has 98 valence electrons. The van der Waals surface area contributed by atoms with Crippen molar-refractivity contribution in [3.05, 3.63) is 35.1 Å². The minimum absolute atomic E-state index is 0.0670. The van der Waals surface area contributed by atoms with E-state index < -0.39 is 0 Å². The summed E-state index contributed by atoms with van der Waals surface area (Å²) in [6, 6.07) is 4.37. The van der Waals surface area contributed by atoms with Crippen LogP contribution in [0.3, 0.4) is 0 Å². The van der Waals surface area contributed by atoms with E-state index >= 15 is 0 Å². The SMILES string of the molecule is Cc1cc(F)cc(C(=O)N2CCC(O)C(C)C2)c1. The predicted octanol–water partition coefficient (Wildman–Crippen LogP) is 1.98. The Morgan fingerprint density at radius 1 is 1.44 bits per heavy atom. The second-order valence-electron chi connectivity index (χ2n) is 5.10. The Labute approximate surface area is 106 Å². The number of likely N-dealkylation sites (tertiary alicyclic amines) is 1. The molecule has 4 heteroatoms. The Balaban J connectivity index is 2.16. The number of rotatable bonds is 1. The molecule has 1 fully saturated rings. The lowest BCUT2D eigenvalue weighted by atomic mass is 9.96. The van der Waals surface area contributed by atoms with Gasteiger partial charge in [-0.2, -0.15) is 0 Å². The summed E-state index contributed by atoms with van der Waals surface area (Å²) in [5.74, 6) is -0.475. The van der Waals surface area contributed by atoms with Gasteiger partial charge in [0.1, 0.15) is 5.82 Å². The predicted molar refractivity (Wildman–Crippen MR) is 66.8 cm³/mol. The second kappa shape index (κ2) is 5.06. The Bertz CT molecular complexity index is 441. The van der Waals surface area contributed by atoms with Gasteiger partial charge in [-0.05, 0) is 43.0 Å². The molecule has 0 saturated carbocycles. The van der Waals surface area contributed by atoms with E-state index in [2.05, 4.69) is 0 Å². The first-order valence-corrected chi connectivity index (χ1v) is 6.22. The Morgan fingerprint density at radius 3 is 2.78 bits per heavy atom. The number of halogens is 1. The monoisotopic (exact) mass is 251 g/mol. The van der Waals surface area contributed by atoms with E-state index in [0.29, 0.717) is 25.1 Å². The molecule has 1 aliphatic heterocycles. The van der Waals surface area contributed by atoms with Gasteiger partial charge in [0.05, 0.1) is 6.10 Å². The molecule has 18 heavy (non-hydrogen) atoms. The Kier molecular flexibility index (Phi) is 3.66. The highest BCUT2D eigenvalue weighted by molar-refractivity contribution is 5.94. The second-order valence-corrected chi connectivity index (χ2v) is 5.10. The average Bonchev–Trinajstić information content (AvgIpc) is 2.30. The van der Waals surface area contributed by atoms with Crippen molar-refractivity contribution in [2.75, 3.05) is 13.1 Å². The molecule has 0 radical (unpaired) electrons. The van der Waals surface area contributed by atoms with Crippen molar-refractivity contribution in [3.8, 4) is 0 Å². The zero-order chi connectivity index (χ0) is 13.3. The number of carbonyl (C=O) groups excluding carboxylic acids is 1. The van der Waals surface area contributed by atoms with Crippen molar-refractivity contribution in [3.63, 3.8) is 0 Å². The van der Waals surface area contributed by atoms with Gasteiger partial charge in [-0.25, -0.2) is 4.39 Å². The average molecular weight is 251 g/mol. The van der Waals surface area contributed by atoms with Crippen molar-refractivity contribution in [2.24, 2.45) is 5.92 Å². The summed E-state index contributed by atoms with van der Waals surface area (Å²) in [6.07, 6.45) is 0.240. The van der Waals surface area contributed by atoms with Crippen LogP contribution in [0.4, 0.5) is 4.39 Å². The number of piperidine rings is 1. The van der Waals surface area contributed by atoms with Gasteiger partial charge in [-0.3, -0.25) is 4.79 Å². The van der Waals surface area contributed by atoms with E-state index in [-0.39, 0.29) is 23.7 Å². The fourth-order valence-corrected chi connectivity index (χ4v) is 2.36. The number of benzene rings is 1. The molecular formula is C14H18FNO2. The van der Waals surface area contributed by atoms with Gasteiger partial charge >= 0.3 is 0 Å². The van der Waals surface area contributed by atoms with Crippen LogP contribution in [0.1, 0.15) is 29.3 Å². The van der Waals surface area contributed by atoms with Crippen molar-refractivity contribution in [1.82, 2.24) is 4.90 Å². The van der Waals surface area contributed by atoms with Crippen molar-refractivity contribution in [2.45, 2.75) is 26.4 Å². The molecule has 2 rings (SSSR count). The molecule has 2 atom stereocenters. The van der Waals surface area contributed by atoms with Gasteiger partial charge < -0.3 is 10.0 Å². The zero-order valence-corrected chi connectivity index (χ0v) is 10.7. The van der Waals surface area contributed by atoms with Gasteiger partial charge in [0.25, 0.3) is 5.91 Å². The maximum Gasteiger partial charge on any atom is 0.253 e. The van der Waals surface area contributed by atoms with E-state index in [0.717, 1.165) is 5.56 Å². The highest BCUT2D eigenvalue weighted by Crippen LogP contribution is 2.19. The Hall–Kier alpha value is -1.42. The van der Waals surface area contributed by atoms with E-state index in [4.69, 9.17) is 0 Å². The van der Waals surface area contributed by atoms with Gasteiger partial charge in [0.15, 0.2) is 0 Å². The van der Waals surface area contributed by atoms with E-state index in [9.17, 15) is 14.3 Å². The fourth-order valence-electron chi connectivity index (χ4n) is 2.36. The summed E-state index contributed by atoms with van der Waals surface area (Å²) in [7, 11) is 0. The minimum Gasteiger partial charge on any atom is -0.393 e. The van der Waals surface area contributed by atoms with E-state index in [1.54, 1.807) is 17.9 Å². The van der Waals surface area contributed by atoms with E-state index in [1.807, 2.05) is 6.92 Å². The lowest BCUT2D eigenvalue weighted by Gasteiger charge is -2.34. The summed E-state index contributed by atoms with van der Waals surface area (Å²) < 4.78 is 13.3. The molecule has 2 unspecified atom stereocenters. The van der Waals surface area contributed by atoms with Crippen LogP contribution in [-0.2, 0) is 0 Å². The molecule has 0 aliphatic carbocycles. The van der Waals surface area contributed by atoms with Crippen molar-refractivity contribution in [1.29, 1.82) is 0 Å². The van der Waals surface area contributed by atoms with Crippen LogP contribution in [-0.4, -0.2) is 35.1 Å². The fraction of sp³-hybridized carbons (Fsp3) is 0.500. The number of nitrogens with zero attached hydrogens (tertiary/aromatic N) is 1. The van der Waals surface area contributed by atoms with Gasteiger partial charge in [-0.15, -0.1) is 0 Å². The molecule has 1 heterocycles. The minimum atomic E-state index is -0.386. The van der Waals surface area contributed by atoms with Gasteiger partial charge in [0, 0.05) is 18.7 Å². The number of aryl methyl sites for hydroxylation is 1. The number of amides is 1. The third kappa shape index (κ3) is 2.70. The summed E-state index contributed by atoms with van der Waals surface area (Å²) >= 11 is 0. The topological polar surface area (TPSA) is 40.5 Å². The molecular weight excluding hydrogens is 233 g/mol. The molecule has 0 spiro atoms. The standard InChI is InChI=1S/C14H18FNO2/c1-9-5-11(7-12(15)6-9)14(18)16-4-3-13(17)10(2)8-16/h5-7,10,13,17H,3-4,8H2,1-2H3. The number of hydrogen-bond acceptors (Lipinski definition) is 2. The van der Waals surface area contributed by atoms with Crippen LogP contribution >= 0.6 is 0 Å². The van der Waals surface area contributed by atoms with Crippen LogP contribution in [0.25, 0.3) is 0 Å².